The number of nitrogens with zero attached hydrogens (tertiary/aromatic N) is 1. The normalized spacial score (nSPS) is 10.7. The van der Waals surface area contributed by atoms with E-state index in [4.69, 9.17) is 10.4 Å². The molecule has 0 atom stereocenters. The van der Waals surface area contributed by atoms with Crippen molar-refractivity contribution in [2.75, 3.05) is 6.54 Å². The SMILES string of the molecule is CCCCNC(=O)/C(C#N)=C/c1ccc(C(=O)O)cc1. The van der Waals surface area contributed by atoms with E-state index in [0.717, 1.165) is 12.8 Å². The Balaban J connectivity index is 2.81. The minimum Gasteiger partial charge on any atom is -0.478 e. The molecular weight excluding hydrogens is 256 g/mol. The maximum absolute atomic E-state index is 11.7. The van der Waals surface area contributed by atoms with Crippen molar-refractivity contribution in [2.45, 2.75) is 19.8 Å². The van der Waals surface area contributed by atoms with Gasteiger partial charge in [-0.1, -0.05) is 25.5 Å². The average Bonchev–Trinajstić information content (AvgIpc) is 2.45. The first-order valence-electron chi connectivity index (χ1n) is 6.31. The van der Waals surface area contributed by atoms with E-state index < -0.39 is 11.9 Å². The fourth-order valence-corrected chi connectivity index (χ4v) is 1.51. The standard InChI is InChI=1S/C15H16N2O3/c1-2-3-8-17-14(18)13(10-16)9-11-4-6-12(7-5-11)15(19)20/h4-7,9H,2-3,8H2,1H3,(H,17,18)(H,19,20)/b13-9+. The van der Waals surface area contributed by atoms with Gasteiger partial charge in [0.1, 0.15) is 11.6 Å². The van der Waals surface area contributed by atoms with E-state index in [-0.39, 0.29) is 11.1 Å². The molecule has 0 aliphatic carbocycles. The highest BCUT2D eigenvalue weighted by Gasteiger charge is 2.08. The van der Waals surface area contributed by atoms with E-state index in [2.05, 4.69) is 5.32 Å². The number of nitriles is 1. The van der Waals surface area contributed by atoms with Gasteiger partial charge >= 0.3 is 5.97 Å². The lowest BCUT2D eigenvalue weighted by atomic mass is 10.1. The summed E-state index contributed by atoms with van der Waals surface area (Å²) >= 11 is 0. The number of carbonyl (C=O) groups excluding carboxylic acids is 1. The largest absolute Gasteiger partial charge is 0.478 e. The number of rotatable bonds is 6. The molecule has 0 radical (unpaired) electrons. The van der Waals surface area contributed by atoms with E-state index >= 15 is 0 Å². The van der Waals surface area contributed by atoms with Gasteiger partial charge in [0.05, 0.1) is 5.56 Å². The Morgan fingerprint density at radius 2 is 2.00 bits per heavy atom. The summed E-state index contributed by atoms with van der Waals surface area (Å²) in [7, 11) is 0. The van der Waals surface area contributed by atoms with Crippen LogP contribution in [0, 0.1) is 11.3 Å². The summed E-state index contributed by atoms with van der Waals surface area (Å²) in [4.78, 5) is 22.4. The van der Waals surface area contributed by atoms with E-state index in [1.54, 1.807) is 12.1 Å². The Bertz CT molecular complexity index is 553. The van der Waals surface area contributed by atoms with Crippen LogP contribution in [0.2, 0.25) is 0 Å². The highest BCUT2D eigenvalue weighted by atomic mass is 16.4. The number of carboxylic acid groups (broad SMARTS) is 1. The molecule has 0 aliphatic heterocycles. The van der Waals surface area contributed by atoms with Gasteiger partial charge in [0, 0.05) is 6.54 Å². The van der Waals surface area contributed by atoms with Crippen LogP contribution < -0.4 is 5.32 Å². The Morgan fingerprint density at radius 3 is 2.50 bits per heavy atom. The van der Waals surface area contributed by atoms with Crippen LogP contribution in [0.3, 0.4) is 0 Å². The Kier molecular flexibility index (Phi) is 5.98. The Hall–Kier alpha value is -2.61. The van der Waals surface area contributed by atoms with Crippen LogP contribution >= 0.6 is 0 Å². The molecule has 104 valence electrons. The van der Waals surface area contributed by atoms with Crippen LogP contribution in [-0.4, -0.2) is 23.5 Å². The van der Waals surface area contributed by atoms with Crippen molar-refractivity contribution in [3.63, 3.8) is 0 Å². The molecule has 0 fully saturated rings. The minimum atomic E-state index is -1.02. The van der Waals surface area contributed by atoms with Crippen molar-refractivity contribution >= 4 is 18.0 Å². The van der Waals surface area contributed by atoms with Gasteiger partial charge in [-0.3, -0.25) is 4.79 Å². The molecule has 0 aliphatic rings. The van der Waals surface area contributed by atoms with Crippen molar-refractivity contribution in [1.29, 1.82) is 5.26 Å². The van der Waals surface area contributed by atoms with Crippen molar-refractivity contribution < 1.29 is 14.7 Å². The third kappa shape index (κ3) is 4.58. The number of carboxylic acids is 1. The van der Waals surface area contributed by atoms with E-state index in [0.29, 0.717) is 12.1 Å². The molecule has 1 aromatic rings. The summed E-state index contributed by atoms with van der Waals surface area (Å²) in [6, 6.07) is 7.82. The summed E-state index contributed by atoms with van der Waals surface area (Å²) < 4.78 is 0. The summed E-state index contributed by atoms with van der Waals surface area (Å²) in [5, 5.41) is 20.4. The fourth-order valence-electron chi connectivity index (χ4n) is 1.51. The number of nitrogens with one attached hydrogen (secondary N) is 1. The van der Waals surface area contributed by atoms with Gasteiger partial charge in [0.2, 0.25) is 0 Å². The first-order valence-corrected chi connectivity index (χ1v) is 6.31. The van der Waals surface area contributed by atoms with Gasteiger partial charge in [-0.15, -0.1) is 0 Å². The van der Waals surface area contributed by atoms with Crippen LogP contribution in [0.4, 0.5) is 0 Å². The molecule has 1 aromatic carbocycles. The summed E-state index contributed by atoms with van der Waals surface area (Å²) in [5.74, 6) is -1.43. The van der Waals surface area contributed by atoms with Crippen molar-refractivity contribution in [3.05, 3.63) is 41.0 Å². The van der Waals surface area contributed by atoms with Crippen molar-refractivity contribution in [1.82, 2.24) is 5.32 Å². The van der Waals surface area contributed by atoms with Crippen LogP contribution in [0.5, 0.6) is 0 Å². The molecule has 0 saturated carbocycles. The maximum atomic E-state index is 11.7. The molecule has 2 N–H and O–H groups in total. The zero-order valence-electron chi connectivity index (χ0n) is 11.2. The number of unbranched alkanes of at least 4 members (excludes halogenated alkanes) is 1. The highest BCUT2D eigenvalue weighted by molar-refractivity contribution is 6.01. The second kappa shape index (κ2) is 7.74. The predicted molar refractivity (Wildman–Crippen MR) is 74.9 cm³/mol. The van der Waals surface area contributed by atoms with E-state index in [1.807, 2.05) is 13.0 Å². The topological polar surface area (TPSA) is 90.2 Å². The molecule has 0 heterocycles. The third-order valence-electron chi connectivity index (χ3n) is 2.65. The number of benzene rings is 1. The number of aromatic carboxylic acids is 1. The molecule has 0 bridgehead atoms. The third-order valence-corrected chi connectivity index (χ3v) is 2.65. The molecule has 1 amide bonds. The smallest absolute Gasteiger partial charge is 0.335 e. The number of amides is 1. The summed E-state index contributed by atoms with van der Waals surface area (Å²) in [6.07, 6.45) is 3.26. The number of carbonyl (C=O) groups is 2. The Morgan fingerprint density at radius 1 is 1.35 bits per heavy atom. The van der Waals surface area contributed by atoms with Crippen LogP contribution in [-0.2, 0) is 4.79 Å². The van der Waals surface area contributed by atoms with Gasteiger partial charge < -0.3 is 10.4 Å². The Labute approximate surface area is 117 Å². The minimum absolute atomic E-state index is 0.00387. The van der Waals surface area contributed by atoms with Gasteiger partial charge in [-0.25, -0.2) is 4.79 Å². The highest BCUT2D eigenvalue weighted by Crippen LogP contribution is 2.09. The monoisotopic (exact) mass is 272 g/mol. The molecule has 20 heavy (non-hydrogen) atoms. The van der Waals surface area contributed by atoms with Crippen LogP contribution in [0.25, 0.3) is 6.08 Å². The van der Waals surface area contributed by atoms with Gasteiger partial charge in [-0.05, 0) is 30.2 Å². The van der Waals surface area contributed by atoms with Gasteiger partial charge in [0.15, 0.2) is 0 Å². The quantitative estimate of drug-likeness (QED) is 0.472. The second-order valence-electron chi connectivity index (χ2n) is 4.21. The summed E-state index contributed by atoms with van der Waals surface area (Å²) in [6.45, 7) is 2.55. The molecule has 0 spiro atoms. The zero-order valence-corrected chi connectivity index (χ0v) is 11.2. The molecule has 5 heteroatoms. The lowest BCUT2D eigenvalue weighted by molar-refractivity contribution is -0.117. The fraction of sp³-hybridized carbons (Fsp3) is 0.267. The van der Waals surface area contributed by atoms with E-state index in [1.165, 1.54) is 18.2 Å². The predicted octanol–water partition coefficient (Wildman–Crippen LogP) is 2.21. The number of hydrogen-bond donors (Lipinski definition) is 2. The maximum Gasteiger partial charge on any atom is 0.335 e. The molecule has 1 rings (SSSR count). The number of hydrogen-bond acceptors (Lipinski definition) is 3. The first kappa shape index (κ1) is 15.4. The first-order chi connectivity index (χ1) is 9.58. The summed E-state index contributed by atoms with van der Waals surface area (Å²) in [5.41, 5.74) is 0.773. The molecule has 0 unspecified atom stereocenters. The van der Waals surface area contributed by atoms with E-state index in [9.17, 15) is 9.59 Å². The van der Waals surface area contributed by atoms with Crippen LogP contribution in [0.1, 0.15) is 35.7 Å². The molecule has 5 nitrogen and oxygen atoms in total. The average molecular weight is 272 g/mol. The van der Waals surface area contributed by atoms with Gasteiger partial charge in [0.25, 0.3) is 5.91 Å². The molecule has 0 saturated heterocycles. The lowest BCUT2D eigenvalue weighted by Gasteiger charge is -2.03. The zero-order chi connectivity index (χ0) is 15.0. The second-order valence-corrected chi connectivity index (χ2v) is 4.21. The molecule has 0 aromatic heterocycles. The van der Waals surface area contributed by atoms with Crippen molar-refractivity contribution in [2.24, 2.45) is 0 Å². The molecular formula is C15H16N2O3. The van der Waals surface area contributed by atoms with Crippen LogP contribution in [0.15, 0.2) is 29.8 Å². The lowest BCUT2D eigenvalue weighted by Crippen LogP contribution is -2.25. The van der Waals surface area contributed by atoms with Crippen molar-refractivity contribution in [3.8, 4) is 6.07 Å². The van der Waals surface area contributed by atoms with Gasteiger partial charge in [-0.2, -0.15) is 5.26 Å².